The number of ether oxygens (including phenoxy) is 2. The van der Waals surface area contributed by atoms with Crippen molar-refractivity contribution in [3.63, 3.8) is 0 Å². The number of aromatic nitrogens is 2. The fraction of sp³-hybridized carbons (Fsp3) is 0.250. The van der Waals surface area contributed by atoms with Gasteiger partial charge in [-0.05, 0) is 23.8 Å². The van der Waals surface area contributed by atoms with Gasteiger partial charge in [0.15, 0.2) is 11.5 Å². The summed E-state index contributed by atoms with van der Waals surface area (Å²) in [4.78, 5) is 13.4. The van der Waals surface area contributed by atoms with E-state index in [0.29, 0.717) is 50.9 Å². The van der Waals surface area contributed by atoms with E-state index in [1.807, 2.05) is 18.2 Å². The second kappa shape index (κ2) is 8.53. The van der Waals surface area contributed by atoms with Crippen LogP contribution in [0.15, 0.2) is 65.8 Å². The Balaban J connectivity index is 1.22. The Kier molecular flexibility index (Phi) is 5.35. The summed E-state index contributed by atoms with van der Waals surface area (Å²) in [6.45, 7) is 2.72. The van der Waals surface area contributed by atoms with Crippen molar-refractivity contribution in [2.24, 2.45) is 0 Å². The molecular formula is C24H22N4O4S2. The van der Waals surface area contributed by atoms with E-state index < -0.39 is 10.0 Å². The lowest BCUT2D eigenvalue weighted by Crippen LogP contribution is -2.49. The molecule has 10 heteroatoms. The average Bonchev–Trinajstić information content (AvgIpc) is 3.34. The first-order valence-corrected chi connectivity index (χ1v) is 13.3. The number of hydrogen-bond donors (Lipinski definition) is 0. The summed E-state index contributed by atoms with van der Waals surface area (Å²) >= 11 is 1.64. The molecular weight excluding hydrogens is 472 g/mol. The predicted molar refractivity (Wildman–Crippen MR) is 131 cm³/mol. The van der Waals surface area contributed by atoms with E-state index in [1.54, 1.807) is 35.9 Å². The van der Waals surface area contributed by atoms with Gasteiger partial charge in [-0.15, -0.1) is 11.3 Å². The number of piperazine rings is 1. The summed E-state index contributed by atoms with van der Waals surface area (Å²) in [6.07, 6.45) is 1.58. The molecule has 0 radical (unpaired) electrons. The number of rotatable bonds is 4. The van der Waals surface area contributed by atoms with Crippen LogP contribution < -0.4 is 14.4 Å². The van der Waals surface area contributed by atoms with Gasteiger partial charge in [-0.3, -0.25) is 0 Å². The minimum absolute atomic E-state index is 0.222. The fourth-order valence-corrected chi connectivity index (χ4v) is 6.75. The number of nitrogens with zero attached hydrogens (tertiary/aromatic N) is 4. The molecule has 8 nitrogen and oxygen atoms in total. The molecule has 0 atom stereocenters. The Morgan fingerprint density at radius 3 is 2.41 bits per heavy atom. The molecule has 6 rings (SSSR count). The number of thiophene rings is 1. The highest BCUT2D eigenvalue weighted by molar-refractivity contribution is 7.89. The highest BCUT2D eigenvalue weighted by Gasteiger charge is 2.31. The van der Waals surface area contributed by atoms with E-state index >= 15 is 0 Å². The van der Waals surface area contributed by atoms with Crippen molar-refractivity contribution in [3.8, 4) is 21.9 Å². The molecule has 4 aromatic rings. The topological polar surface area (TPSA) is 84.9 Å². The molecule has 2 aromatic heterocycles. The lowest BCUT2D eigenvalue weighted by molar-refractivity contribution is 0.171. The minimum atomic E-state index is -3.64. The maximum atomic E-state index is 13.3. The molecule has 0 saturated carbocycles. The maximum absolute atomic E-state index is 13.3. The molecule has 0 N–H and O–H groups in total. The molecule has 0 aliphatic carbocycles. The summed E-state index contributed by atoms with van der Waals surface area (Å²) in [5.41, 5.74) is 1.15. The van der Waals surface area contributed by atoms with Gasteiger partial charge in [0.05, 0.1) is 10.3 Å². The van der Waals surface area contributed by atoms with Gasteiger partial charge in [0, 0.05) is 37.1 Å². The van der Waals surface area contributed by atoms with Crippen molar-refractivity contribution < 1.29 is 17.9 Å². The van der Waals surface area contributed by atoms with Crippen LogP contribution in [0, 0.1) is 0 Å². The number of anilines is 1. The lowest BCUT2D eigenvalue weighted by Gasteiger charge is -2.35. The predicted octanol–water partition coefficient (Wildman–Crippen LogP) is 3.64. The van der Waals surface area contributed by atoms with Crippen LogP contribution in [-0.2, 0) is 10.0 Å². The first-order chi connectivity index (χ1) is 16.6. The summed E-state index contributed by atoms with van der Waals surface area (Å²) < 4.78 is 39.2. The minimum Gasteiger partial charge on any atom is -0.486 e. The quantitative estimate of drug-likeness (QED) is 0.428. The van der Waals surface area contributed by atoms with Gasteiger partial charge in [-0.25, -0.2) is 18.4 Å². The average molecular weight is 495 g/mol. The Morgan fingerprint density at radius 2 is 1.62 bits per heavy atom. The third-order valence-electron chi connectivity index (χ3n) is 6.06. The van der Waals surface area contributed by atoms with E-state index in [1.165, 1.54) is 4.31 Å². The second-order valence-electron chi connectivity index (χ2n) is 8.09. The number of hydrogen-bond acceptors (Lipinski definition) is 8. The highest BCUT2D eigenvalue weighted by Crippen LogP contribution is 2.37. The molecule has 1 fully saturated rings. The molecule has 2 aromatic carbocycles. The lowest BCUT2D eigenvalue weighted by atomic mass is 10.2. The summed E-state index contributed by atoms with van der Waals surface area (Å²) in [6, 6.07) is 17.1. The normalized spacial score (nSPS) is 16.6. The van der Waals surface area contributed by atoms with Crippen molar-refractivity contribution in [1.82, 2.24) is 14.3 Å². The van der Waals surface area contributed by atoms with Gasteiger partial charge >= 0.3 is 0 Å². The highest BCUT2D eigenvalue weighted by atomic mass is 32.2. The molecule has 2 aliphatic heterocycles. The van der Waals surface area contributed by atoms with Gasteiger partial charge in [0.2, 0.25) is 10.0 Å². The number of benzene rings is 2. The number of fused-ring (bicyclic) bond motifs is 2. The number of sulfonamides is 1. The van der Waals surface area contributed by atoms with Crippen LogP contribution in [0.4, 0.5) is 5.82 Å². The monoisotopic (exact) mass is 494 g/mol. The van der Waals surface area contributed by atoms with Gasteiger partial charge in [-0.2, -0.15) is 4.31 Å². The van der Waals surface area contributed by atoms with Crippen LogP contribution in [0.25, 0.3) is 20.7 Å². The molecule has 1 saturated heterocycles. The molecule has 4 heterocycles. The molecule has 2 aliphatic rings. The summed E-state index contributed by atoms with van der Waals surface area (Å²) in [7, 11) is -3.64. The van der Waals surface area contributed by atoms with Crippen LogP contribution in [-0.4, -0.2) is 62.1 Å². The summed E-state index contributed by atoms with van der Waals surface area (Å²) in [5, 5.41) is 0.995. The first-order valence-electron chi connectivity index (χ1n) is 11.0. The molecule has 0 unspecified atom stereocenters. The SMILES string of the molecule is O=S(=O)(c1ccc2c(c1)OCCO2)N1CCN(c2ncnc3sc(-c4ccccc4)cc23)CC1. The van der Waals surface area contributed by atoms with Crippen molar-refractivity contribution in [1.29, 1.82) is 0 Å². The molecule has 0 spiro atoms. The van der Waals surface area contributed by atoms with Crippen molar-refractivity contribution in [3.05, 3.63) is 60.9 Å². The Morgan fingerprint density at radius 1 is 0.853 bits per heavy atom. The zero-order chi connectivity index (χ0) is 23.1. The van der Waals surface area contributed by atoms with E-state index in [2.05, 4.69) is 33.1 Å². The van der Waals surface area contributed by atoms with Gasteiger partial charge in [-0.1, -0.05) is 30.3 Å². The fourth-order valence-electron chi connectivity index (χ4n) is 4.31. The van der Waals surface area contributed by atoms with E-state index in [9.17, 15) is 8.42 Å². The van der Waals surface area contributed by atoms with Gasteiger partial charge in [0.1, 0.15) is 30.2 Å². The van der Waals surface area contributed by atoms with E-state index in [4.69, 9.17) is 9.47 Å². The van der Waals surface area contributed by atoms with Crippen molar-refractivity contribution in [2.45, 2.75) is 4.90 Å². The van der Waals surface area contributed by atoms with Crippen molar-refractivity contribution >= 4 is 37.4 Å². The van der Waals surface area contributed by atoms with Gasteiger partial charge < -0.3 is 14.4 Å². The smallest absolute Gasteiger partial charge is 0.243 e. The second-order valence-corrected chi connectivity index (χ2v) is 11.1. The zero-order valence-corrected chi connectivity index (χ0v) is 19.9. The van der Waals surface area contributed by atoms with Gasteiger partial charge in [0.25, 0.3) is 0 Å². The van der Waals surface area contributed by atoms with Crippen molar-refractivity contribution in [2.75, 3.05) is 44.3 Å². The molecule has 34 heavy (non-hydrogen) atoms. The largest absolute Gasteiger partial charge is 0.486 e. The molecule has 0 amide bonds. The first kappa shape index (κ1) is 21.3. The van der Waals surface area contributed by atoms with Crippen LogP contribution in [0.1, 0.15) is 0 Å². The maximum Gasteiger partial charge on any atom is 0.243 e. The third-order valence-corrected chi connectivity index (χ3v) is 9.04. The van der Waals surface area contributed by atoms with E-state index in [-0.39, 0.29) is 4.90 Å². The van der Waals surface area contributed by atoms with Crippen LogP contribution in [0.3, 0.4) is 0 Å². The summed E-state index contributed by atoms with van der Waals surface area (Å²) in [5.74, 6) is 1.90. The zero-order valence-electron chi connectivity index (χ0n) is 18.3. The molecule has 174 valence electrons. The van der Waals surface area contributed by atoms with Crippen LogP contribution in [0.5, 0.6) is 11.5 Å². The Bertz CT molecular complexity index is 1450. The standard InChI is InChI=1S/C24H22N4O4S2/c29-34(30,18-6-7-20-21(14-18)32-13-12-31-20)28-10-8-27(9-11-28)23-19-15-22(17-4-2-1-3-5-17)33-24(19)26-16-25-23/h1-7,14-16H,8-13H2. The van der Waals surface area contributed by atoms with Crippen LogP contribution >= 0.6 is 11.3 Å². The Labute approximate surface area is 201 Å². The third kappa shape index (κ3) is 3.77. The Hall–Kier alpha value is -3.21. The van der Waals surface area contributed by atoms with Crippen LogP contribution in [0.2, 0.25) is 0 Å². The molecule has 0 bridgehead atoms. The van der Waals surface area contributed by atoms with E-state index in [0.717, 1.165) is 26.5 Å².